The Bertz CT molecular complexity index is 574. The summed E-state index contributed by atoms with van der Waals surface area (Å²) in [5.74, 6) is 0.492. The van der Waals surface area contributed by atoms with E-state index in [-0.39, 0.29) is 36.8 Å². The first-order chi connectivity index (χ1) is 11.1. The van der Waals surface area contributed by atoms with Crippen molar-refractivity contribution in [3.05, 3.63) is 29.3 Å². The maximum atomic E-state index is 12.7. The lowest BCUT2D eigenvalue weighted by Gasteiger charge is -2.39. The zero-order valence-corrected chi connectivity index (χ0v) is 16.9. The van der Waals surface area contributed by atoms with Crippen molar-refractivity contribution < 1.29 is 4.79 Å². The Morgan fingerprint density at radius 1 is 1.08 bits per heavy atom. The van der Waals surface area contributed by atoms with Gasteiger partial charge in [-0.05, 0) is 50.3 Å². The van der Waals surface area contributed by atoms with E-state index in [0.29, 0.717) is 5.91 Å². The molecule has 0 aromatic heterocycles. The Morgan fingerprint density at radius 3 is 2.40 bits per heavy atom. The van der Waals surface area contributed by atoms with Crippen molar-refractivity contribution in [3.63, 3.8) is 0 Å². The van der Waals surface area contributed by atoms with Gasteiger partial charge in [-0.15, -0.1) is 24.8 Å². The van der Waals surface area contributed by atoms with E-state index in [9.17, 15) is 4.79 Å². The van der Waals surface area contributed by atoms with Gasteiger partial charge in [0.2, 0.25) is 5.91 Å². The highest BCUT2D eigenvalue weighted by Crippen LogP contribution is 2.27. The molecule has 2 fully saturated rings. The van der Waals surface area contributed by atoms with Gasteiger partial charge in [0, 0.05) is 43.8 Å². The number of carbonyl (C=O) groups is 1. The third kappa shape index (κ3) is 5.02. The topological polar surface area (TPSA) is 49.6 Å². The maximum absolute atomic E-state index is 12.7. The van der Waals surface area contributed by atoms with Crippen molar-refractivity contribution >= 4 is 36.4 Å². The van der Waals surface area contributed by atoms with Gasteiger partial charge in [-0.3, -0.25) is 4.79 Å². The fraction of sp³-hybridized carbons (Fsp3) is 0.632. The average Bonchev–Trinajstić information content (AvgIpc) is 2.57. The molecule has 0 bridgehead atoms. The molecule has 2 unspecified atom stereocenters. The predicted molar refractivity (Wildman–Crippen MR) is 109 cm³/mol. The van der Waals surface area contributed by atoms with Crippen molar-refractivity contribution in [2.24, 2.45) is 11.7 Å². The number of amides is 1. The number of nitrogens with zero attached hydrogens (tertiary/aromatic N) is 2. The van der Waals surface area contributed by atoms with Crippen LogP contribution in [0.5, 0.6) is 0 Å². The molecule has 1 aliphatic carbocycles. The molecule has 142 valence electrons. The van der Waals surface area contributed by atoms with Crippen LogP contribution >= 0.6 is 24.8 Å². The largest absolute Gasteiger partial charge is 0.368 e. The molecule has 2 N–H and O–H groups in total. The molecule has 1 aliphatic heterocycles. The highest BCUT2D eigenvalue weighted by atomic mass is 35.5. The zero-order valence-electron chi connectivity index (χ0n) is 15.2. The highest BCUT2D eigenvalue weighted by Gasteiger charge is 2.30. The van der Waals surface area contributed by atoms with Crippen molar-refractivity contribution in [3.8, 4) is 0 Å². The summed E-state index contributed by atoms with van der Waals surface area (Å²) in [6, 6.07) is 6.69. The summed E-state index contributed by atoms with van der Waals surface area (Å²) < 4.78 is 0. The van der Waals surface area contributed by atoms with Crippen molar-refractivity contribution in [2.75, 3.05) is 31.1 Å². The van der Waals surface area contributed by atoms with E-state index < -0.39 is 0 Å². The van der Waals surface area contributed by atoms with Crippen LogP contribution in [0.1, 0.15) is 36.8 Å². The summed E-state index contributed by atoms with van der Waals surface area (Å²) in [4.78, 5) is 17.2. The van der Waals surface area contributed by atoms with Crippen molar-refractivity contribution in [2.45, 2.75) is 45.6 Å². The SMILES string of the molecule is Cc1cccc(N2CCN(C(=O)C3CCCC(N)C3)CC2)c1C.Cl.Cl. The van der Waals surface area contributed by atoms with E-state index in [1.807, 2.05) is 0 Å². The van der Waals surface area contributed by atoms with Crippen LogP contribution in [0.3, 0.4) is 0 Å². The molecule has 2 aliphatic rings. The van der Waals surface area contributed by atoms with Crippen LogP contribution in [0.25, 0.3) is 0 Å². The number of rotatable bonds is 2. The lowest BCUT2D eigenvalue weighted by Crippen LogP contribution is -2.51. The Hall–Kier alpha value is -0.970. The van der Waals surface area contributed by atoms with Crippen molar-refractivity contribution in [1.29, 1.82) is 0 Å². The van der Waals surface area contributed by atoms with E-state index in [1.165, 1.54) is 16.8 Å². The fourth-order valence-electron chi connectivity index (χ4n) is 3.96. The van der Waals surface area contributed by atoms with Crippen LogP contribution in [0.4, 0.5) is 5.69 Å². The highest BCUT2D eigenvalue weighted by molar-refractivity contribution is 5.85. The van der Waals surface area contributed by atoms with Gasteiger partial charge in [-0.1, -0.05) is 18.6 Å². The van der Waals surface area contributed by atoms with Crippen LogP contribution in [-0.2, 0) is 4.79 Å². The summed E-state index contributed by atoms with van der Waals surface area (Å²) in [5.41, 5.74) is 10.0. The fourth-order valence-corrected chi connectivity index (χ4v) is 3.96. The molecular weight excluding hydrogens is 357 g/mol. The Kier molecular flexibility index (Phi) is 8.52. The van der Waals surface area contributed by atoms with Gasteiger partial charge in [0.25, 0.3) is 0 Å². The van der Waals surface area contributed by atoms with Gasteiger partial charge in [0.15, 0.2) is 0 Å². The first kappa shape index (κ1) is 22.1. The van der Waals surface area contributed by atoms with Crippen LogP contribution in [-0.4, -0.2) is 43.0 Å². The lowest BCUT2D eigenvalue weighted by atomic mass is 9.85. The minimum Gasteiger partial charge on any atom is -0.368 e. The lowest BCUT2D eigenvalue weighted by molar-refractivity contribution is -0.137. The third-order valence-corrected chi connectivity index (χ3v) is 5.57. The van der Waals surface area contributed by atoms with Gasteiger partial charge in [0.1, 0.15) is 0 Å². The number of hydrogen-bond donors (Lipinski definition) is 1. The molecule has 1 saturated carbocycles. The maximum Gasteiger partial charge on any atom is 0.225 e. The molecular formula is C19H31Cl2N3O. The number of nitrogens with two attached hydrogens (primary N) is 1. The van der Waals surface area contributed by atoms with Crippen LogP contribution in [0.15, 0.2) is 18.2 Å². The Balaban J connectivity index is 0.00000156. The number of benzene rings is 1. The Morgan fingerprint density at radius 2 is 1.76 bits per heavy atom. The minimum atomic E-state index is 0. The monoisotopic (exact) mass is 387 g/mol. The summed E-state index contributed by atoms with van der Waals surface area (Å²) >= 11 is 0. The first-order valence-corrected chi connectivity index (χ1v) is 8.92. The molecule has 1 heterocycles. The van der Waals surface area contributed by atoms with E-state index in [0.717, 1.165) is 51.9 Å². The normalized spacial score (nSPS) is 23.5. The van der Waals surface area contributed by atoms with Gasteiger partial charge in [-0.25, -0.2) is 0 Å². The number of piperazine rings is 1. The van der Waals surface area contributed by atoms with Crippen LogP contribution < -0.4 is 10.6 Å². The molecule has 1 aromatic rings. The number of hydrogen-bond acceptors (Lipinski definition) is 3. The van der Waals surface area contributed by atoms with E-state index in [4.69, 9.17) is 5.73 Å². The molecule has 4 nitrogen and oxygen atoms in total. The zero-order chi connectivity index (χ0) is 16.4. The first-order valence-electron chi connectivity index (χ1n) is 8.92. The molecule has 1 aromatic carbocycles. The average molecular weight is 388 g/mol. The molecule has 2 atom stereocenters. The Labute approximate surface area is 163 Å². The molecule has 1 saturated heterocycles. The molecule has 6 heteroatoms. The standard InChI is InChI=1S/C19H29N3O.2ClH/c1-14-5-3-8-18(15(14)2)21-9-11-22(12-10-21)19(23)16-6-4-7-17(20)13-16;;/h3,5,8,16-17H,4,6-7,9-13,20H2,1-2H3;2*1H. The number of halogens is 2. The van der Waals surface area contributed by atoms with Crippen LogP contribution in [0.2, 0.25) is 0 Å². The second-order valence-corrected chi connectivity index (χ2v) is 7.15. The van der Waals surface area contributed by atoms with E-state index in [2.05, 4.69) is 41.8 Å². The predicted octanol–water partition coefficient (Wildman–Crippen LogP) is 3.31. The van der Waals surface area contributed by atoms with Crippen LogP contribution in [0, 0.1) is 19.8 Å². The number of anilines is 1. The van der Waals surface area contributed by atoms with Gasteiger partial charge in [-0.2, -0.15) is 0 Å². The van der Waals surface area contributed by atoms with Crippen molar-refractivity contribution in [1.82, 2.24) is 4.90 Å². The minimum absolute atomic E-state index is 0. The number of carbonyl (C=O) groups excluding carboxylic acids is 1. The molecule has 1 amide bonds. The summed E-state index contributed by atoms with van der Waals surface area (Å²) in [6.45, 7) is 7.86. The number of aryl methyl sites for hydroxylation is 1. The summed E-state index contributed by atoms with van der Waals surface area (Å²) in [7, 11) is 0. The smallest absolute Gasteiger partial charge is 0.225 e. The molecule has 0 radical (unpaired) electrons. The van der Waals surface area contributed by atoms with Gasteiger partial charge < -0.3 is 15.5 Å². The molecule has 0 spiro atoms. The van der Waals surface area contributed by atoms with E-state index >= 15 is 0 Å². The second kappa shape index (κ2) is 9.65. The summed E-state index contributed by atoms with van der Waals surface area (Å²) in [5, 5.41) is 0. The van der Waals surface area contributed by atoms with Gasteiger partial charge in [0.05, 0.1) is 0 Å². The summed E-state index contributed by atoms with van der Waals surface area (Å²) in [6.07, 6.45) is 4.06. The van der Waals surface area contributed by atoms with E-state index in [1.54, 1.807) is 0 Å². The quantitative estimate of drug-likeness (QED) is 0.846. The third-order valence-electron chi connectivity index (χ3n) is 5.57. The molecule has 25 heavy (non-hydrogen) atoms. The van der Waals surface area contributed by atoms with Gasteiger partial charge >= 0.3 is 0 Å². The second-order valence-electron chi connectivity index (χ2n) is 7.15. The molecule has 3 rings (SSSR count).